The predicted octanol–water partition coefficient (Wildman–Crippen LogP) is 21.8. The van der Waals surface area contributed by atoms with Crippen molar-refractivity contribution in [2.75, 3.05) is 103 Å². The second kappa shape index (κ2) is 43.3. The molecule has 2 saturated carbocycles. The quantitative estimate of drug-likeness (QED) is 0.0244. The van der Waals surface area contributed by atoms with Crippen LogP contribution < -0.4 is 51.0 Å². The molecule has 125 heavy (non-hydrogen) atoms. The van der Waals surface area contributed by atoms with Crippen LogP contribution in [0.15, 0.2) is 142 Å². The van der Waals surface area contributed by atoms with Crippen LogP contribution in [0.1, 0.15) is 194 Å². The van der Waals surface area contributed by atoms with Gasteiger partial charge >= 0.3 is 0 Å². The summed E-state index contributed by atoms with van der Waals surface area (Å²) >= 11 is 19.4. The van der Waals surface area contributed by atoms with Crippen molar-refractivity contribution in [3.05, 3.63) is 171 Å². The van der Waals surface area contributed by atoms with Crippen molar-refractivity contribution in [2.24, 2.45) is 5.92 Å². The second-order valence-electron chi connectivity index (χ2n) is 34.6. The van der Waals surface area contributed by atoms with Crippen LogP contribution in [-0.4, -0.2) is 176 Å². The molecule has 6 N–H and O–H groups in total. The predicted molar refractivity (Wildman–Crippen MR) is 511 cm³/mol. The number of likely N-dealkylation sites (N-methyl/N-ethyl adjacent to an activating group) is 2. The molecule has 0 amide bonds. The molecule has 4 aliphatic rings. The Morgan fingerprint density at radius 2 is 0.744 bits per heavy atom. The zero-order valence-corrected chi connectivity index (χ0v) is 80.3. The highest BCUT2D eigenvalue weighted by atomic mass is 35.5. The summed E-state index contributed by atoms with van der Waals surface area (Å²) in [5, 5.41) is 18.4. The van der Waals surface area contributed by atoms with Crippen molar-refractivity contribution in [2.45, 2.75) is 242 Å². The molecule has 13 rings (SSSR count). The average Bonchev–Trinajstić information content (AvgIpc) is 0.808. The van der Waals surface area contributed by atoms with Gasteiger partial charge in [0.2, 0.25) is 17.8 Å². The van der Waals surface area contributed by atoms with E-state index in [1.807, 2.05) is 41.5 Å². The van der Waals surface area contributed by atoms with E-state index in [0.717, 1.165) is 91.5 Å². The normalized spacial score (nSPS) is 17.5. The Bertz CT molecular complexity index is 5310. The van der Waals surface area contributed by atoms with E-state index in [1.165, 1.54) is 112 Å². The van der Waals surface area contributed by atoms with E-state index in [4.69, 9.17) is 49.0 Å². The van der Waals surface area contributed by atoms with Crippen LogP contribution in [-0.2, 0) is 29.5 Å². The maximum absolute atomic E-state index is 13.0. The molecule has 25 nitrogen and oxygen atoms in total. The number of hydrogen-bond donors (Lipinski definition) is 6. The Hall–Kier alpha value is -8.84. The molecule has 0 atom stereocenters. The first-order chi connectivity index (χ1) is 59.4. The molecular formula is C94H127Cl3N16O9S3. The average molecular weight is 1830 g/mol. The molecule has 3 aromatic heterocycles. The van der Waals surface area contributed by atoms with Crippen LogP contribution >= 0.6 is 34.8 Å². The molecule has 5 heterocycles. The number of hydrogen-bond acceptors (Lipinski definition) is 25. The van der Waals surface area contributed by atoms with Crippen LogP contribution in [0.4, 0.5) is 75.1 Å². The van der Waals surface area contributed by atoms with Gasteiger partial charge in [0.05, 0.1) is 101 Å². The summed E-state index contributed by atoms with van der Waals surface area (Å²) in [6, 6.07) is 33.7. The van der Waals surface area contributed by atoms with Crippen molar-refractivity contribution in [3.63, 3.8) is 0 Å². The summed E-state index contributed by atoms with van der Waals surface area (Å²) in [6.45, 7) is 42.6. The van der Waals surface area contributed by atoms with E-state index in [1.54, 1.807) is 114 Å². The fourth-order valence-corrected chi connectivity index (χ4v) is 20.3. The molecule has 0 radical (unpaired) electrons. The first kappa shape index (κ1) is 96.8. The van der Waals surface area contributed by atoms with E-state index < -0.39 is 45.3 Å². The molecule has 0 spiro atoms. The molecular weight excluding hydrogens is 1700 g/mol. The lowest BCUT2D eigenvalue weighted by atomic mass is 9.76. The molecule has 2 aliphatic carbocycles. The van der Waals surface area contributed by atoms with Crippen molar-refractivity contribution >= 4 is 139 Å². The van der Waals surface area contributed by atoms with Gasteiger partial charge in [0, 0.05) is 70.2 Å². The molecule has 0 unspecified atom stereocenters. The van der Waals surface area contributed by atoms with E-state index in [9.17, 15) is 25.3 Å². The van der Waals surface area contributed by atoms with Gasteiger partial charge in [-0.2, -0.15) is 15.0 Å². The Labute approximate surface area is 756 Å². The Kier molecular flexibility index (Phi) is 33.5. The summed E-state index contributed by atoms with van der Waals surface area (Å²) in [6.07, 6.45) is 15.4. The van der Waals surface area contributed by atoms with Crippen LogP contribution in [0.25, 0.3) is 0 Å². The number of nitrogens with zero attached hydrogens (tertiary/aromatic N) is 10. The second-order valence-corrected chi connectivity index (χ2v) is 43.3. The molecule has 6 aromatic carbocycles. The molecule has 2 saturated heterocycles. The van der Waals surface area contributed by atoms with Crippen molar-refractivity contribution in [1.82, 2.24) is 44.6 Å². The number of rotatable bonds is 30. The summed E-state index contributed by atoms with van der Waals surface area (Å²) in [5.41, 5.74) is 10.9. The lowest BCUT2D eigenvalue weighted by Crippen LogP contribution is -2.49. The Morgan fingerprint density at radius 1 is 0.408 bits per heavy atom. The van der Waals surface area contributed by atoms with Crippen LogP contribution in [0.5, 0.6) is 17.2 Å². The number of aromatic nitrogens is 6. The Morgan fingerprint density at radius 3 is 1.08 bits per heavy atom. The van der Waals surface area contributed by atoms with Gasteiger partial charge in [-0.25, -0.2) is 40.2 Å². The minimum atomic E-state index is -3.53. The fraction of sp³-hybridized carbons (Fsp3) is 0.489. The number of aryl methyl sites for hydroxylation is 3. The number of halogens is 3. The first-order valence-electron chi connectivity index (χ1n) is 43.9. The highest BCUT2D eigenvalue weighted by Crippen LogP contribution is 2.46. The van der Waals surface area contributed by atoms with E-state index in [2.05, 4.69) is 159 Å². The number of para-hydroxylation sites is 3. The smallest absolute Gasteiger partial charge is 0.229 e. The number of sulfone groups is 3. The largest absolute Gasteiger partial charge is 0.489 e. The summed E-state index contributed by atoms with van der Waals surface area (Å²) in [7, 11) is -8.37. The molecule has 0 bridgehead atoms. The number of nitrogens with one attached hydrogen (secondary N) is 6. The molecule has 31 heteroatoms. The monoisotopic (exact) mass is 1820 g/mol. The van der Waals surface area contributed by atoms with Gasteiger partial charge in [-0.15, -0.1) is 0 Å². The summed E-state index contributed by atoms with van der Waals surface area (Å²) in [5.74, 6) is 5.93. The van der Waals surface area contributed by atoms with Gasteiger partial charge in [-0.1, -0.05) is 91.5 Å². The summed E-state index contributed by atoms with van der Waals surface area (Å²) in [4.78, 5) is 37.5. The van der Waals surface area contributed by atoms with Crippen molar-refractivity contribution in [3.8, 4) is 17.2 Å². The van der Waals surface area contributed by atoms with E-state index in [0.29, 0.717) is 76.0 Å². The minimum absolute atomic E-state index is 0.00490. The number of benzene rings is 6. The third-order valence-corrected chi connectivity index (χ3v) is 31.0. The number of ether oxygens (including phenoxy) is 3. The SMILES string of the molecule is CCC1CCC(c2cc(OC(C)C)c(Nc3ncc(Cl)c(Nc4ccccc4S(=O)(=O)C(C)C)n3)cc2C)CC1.CCN1CCN(c2cc(OC(C)C)c(Nc3ncc(Cl)c(Nc4ccccc4S(=O)(=O)C(C)C)n3)cc2C)CC1.Cc1cc(Nc2ncc(Cl)c(Nc3ccccc3S(=O)(=O)C(C)C)n2)c(OC(C)C)cc1C1CCC(N2CCN(C)CC2)CC1. The highest BCUT2D eigenvalue weighted by Gasteiger charge is 2.33. The van der Waals surface area contributed by atoms with Gasteiger partial charge in [-0.3, -0.25) is 4.90 Å². The molecule has 2 aliphatic heterocycles. The van der Waals surface area contributed by atoms with Crippen LogP contribution in [0, 0.1) is 26.7 Å². The third kappa shape index (κ3) is 24.9. The lowest BCUT2D eigenvalue weighted by molar-refractivity contribution is 0.0878. The van der Waals surface area contributed by atoms with E-state index in [-0.39, 0.29) is 48.1 Å². The summed E-state index contributed by atoms with van der Waals surface area (Å²) < 4.78 is 96.5. The molecule has 9 aromatic rings. The fourth-order valence-electron chi connectivity index (χ4n) is 16.3. The lowest BCUT2D eigenvalue weighted by Gasteiger charge is -2.41. The van der Waals surface area contributed by atoms with Crippen molar-refractivity contribution < 1.29 is 39.5 Å². The van der Waals surface area contributed by atoms with E-state index >= 15 is 0 Å². The number of anilines is 13. The standard InChI is InChI=1S/C34H47ClN6O3S.C31H41ClN4O3S.C29H39ClN6O3S/c1-22(2)44-31-20-27(25-11-13-26(14-12-25)41-17-15-40(6)16-18-41)24(5)19-30(31)38-34-36-21-28(35)33(39-34)37-29-9-7-8-10-32(29)45(42,43)23(3)4;1-7-22-12-14-23(15-13-22)24-17-28(39-19(2)3)27(16-21(24)6)35-31-33-18-25(32)30(36-31)34-26-10-8-9-11-29(26)40(37,38)20(4)5;1-7-35-12-14-36(15-13-35)25-17-26(39-19(2)3)24(16-21(25)6)33-29-31-18-22(30)28(34-29)32-23-10-8-9-11-27(23)40(37,38)20(4)5/h7-10,19-23,25-26H,11-18H2,1-6H3,(H2,36,37,38,39);8-11,16-20,22-23H,7,12-15H2,1-6H3,(H2,33,34,35,36);8-11,16-20H,7,12-15H2,1-6H3,(H2,31,32,33,34). The minimum Gasteiger partial charge on any atom is -0.489 e. The first-order valence-corrected chi connectivity index (χ1v) is 49.7. The maximum atomic E-state index is 13.0. The number of piperazine rings is 2. The Balaban J connectivity index is 0.000000183. The van der Waals surface area contributed by atoms with Gasteiger partial charge < -0.3 is 60.8 Å². The molecule has 676 valence electrons. The zero-order chi connectivity index (χ0) is 90.4. The van der Waals surface area contributed by atoms with Crippen LogP contribution in [0.3, 0.4) is 0 Å². The van der Waals surface area contributed by atoms with Gasteiger partial charge in [-0.05, 0) is 281 Å². The van der Waals surface area contributed by atoms with Gasteiger partial charge in [0.15, 0.2) is 47.0 Å². The highest BCUT2D eigenvalue weighted by molar-refractivity contribution is 7.92. The van der Waals surface area contributed by atoms with Gasteiger partial charge in [0.1, 0.15) is 32.3 Å². The third-order valence-electron chi connectivity index (χ3n) is 23.5. The maximum Gasteiger partial charge on any atom is 0.229 e. The van der Waals surface area contributed by atoms with Crippen molar-refractivity contribution in [1.29, 1.82) is 0 Å². The van der Waals surface area contributed by atoms with Crippen LogP contribution in [0.2, 0.25) is 15.1 Å². The molecule has 4 fully saturated rings. The topological polar surface area (TPSA) is 293 Å². The zero-order valence-electron chi connectivity index (χ0n) is 75.6. The van der Waals surface area contributed by atoms with Gasteiger partial charge in [0.25, 0.3) is 0 Å².